The van der Waals surface area contributed by atoms with Crippen LogP contribution in [0.3, 0.4) is 0 Å². The van der Waals surface area contributed by atoms with Gasteiger partial charge in [0.05, 0.1) is 11.1 Å². The van der Waals surface area contributed by atoms with Gasteiger partial charge < -0.3 is 26.5 Å². The zero-order valence-electron chi connectivity index (χ0n) is 11.5. The smallest absolute Gasteiger partial charge is 0.354 e. The third-order valence-electron chi connectivity index (χ3n) is 2.77. The molecule has 3 amide bonds. The summed E-state index contributed by atoms with van der Waals surface area (Å²) in [7, 11) is 0. The molecular formula is C12H18N4O4. The second-order valence-electron chi connectivity index (χ2n) is 5.10. The minimum absolute atomic E-state index is 0.0416. The number of nitrogens with two attached hydrogens (primary N) is 1. The number of rotatable bonds is 5. The number of aromatic carboxylic acids is 1. The molecule has 110 valence electrons. The van der Waals surface area contributed by atoms with Crippen molar-refractivity contribution in [2.75, 3.05) is 11.9 Å². The highest BCUT2D eigenvalue weighted by atomic mass is 16.4. The van der Waals surface area contributed by atoms with E-state index in [-0.39, 0.29) is 17.9 Å². The van der Waals surface area contributed by atoms with Gasteiger partial charge in [-0.05, 0) is 26.8 Å². The fraction of sp³-hybridized carbons (Fsp3) is 0.417. The molecule has 0 atom stereocenters. The van der Waals surface area contributed by atoms with E-state index in [0.29, 0.717) is 5.69 Å². The van der Waals surface area contributed by atoms with Gasteiger partial charge in [0.2, 0.25) is 5.91 Å². The molecule has 8 nitrogen and oxygen atoms in total. The van der Waals surface area contributed by atoms with E-state index in [9.17, 15) is 14.4 Å². The Morgan fingerprint density at radius 3 is 2.50 bits per heavy atom. The summed E-state index contributed by atoms with van der Waals surface area (Å²) in [4.78, 5) is 36.4. The van der Waals surface area contributed by atoms with Gasteiger partial charge in [0.1, 0.15) is 5.69 Å². The molecule has 6 N–H and O–H groups in total. The van der Waals surface area contributed by atoms with Crippen LogP contribution in [0.2, 0.25) is 0 Å². The van der Waals surface area contributed by atoms with Crippen molar-refractivity contribution in [1.82, 2.24) is 10.3 Å². The summed E-state index contributed by atoms with van der Waals surface area (Å²) in [6.07, 6.45) is 0. The Kier molecular flexibility index (Phi) is 4.38. The van der Waals surface area contributed by atoms with Crippen molar-refractivity contribution in [1.29, 1.82) is 0 Å². The van der Waals surface area contributed by atoms with Crippen LogP contribution in [0.5, 0.6) is 0 Å². The van der Waals surface area contributed by atoms with E-state index in [4.69, 9.17) is 10.8 Å². The van der Waals surface area contributed by atoms with Crippen LogP contribution in [-0.2, 0) is 4.79 Å². The Hall–Kier alpha value is -2.51. The van der Waals surface area contributed by atoms with Gasteiger partial charge in [-0.2, -0.15) is 0 Å². The number of urea groups is 1. The molecule has 0 aliphatic heterocycles. The maximum absolute atomic E-state index is 11.7. The van der Waals surface area contributed by atoms with Gasteiger partial charge in [-0.15, -0.1) is 0 Å². The lowest BCUT2D eigenvalue weighted by molar-refractivity contribution is -0.125. The number of amides is 3. The van der Waals surface area contributed by atoms with E-state index in [1.165, 1.54) is 6.07 Å². The van der Waals surface area contributed by atoms with Crippen LogP contribution < -0.4 is 16.4 Å². The highest BCUT2D eigenvalue weighted by Crippen LogP contribution is 2.17. The molecule has 1 aromatic rings. The van der Waals surface area contributed by atoms with Crippen molar-refractivity contribution in [3.63, 3.8) is 0 Å². The maximum atomic E-state index is 11.7. The summed E-state index contributed by atoms with van der Waals surface area (Å²) >= 11 is 0. The minimum Gasteiger partial charge on any atom is -0.477 e. The number of carbonyl (C=O) groups is 3. The van der Waals surface area contributed by atoms with Gasteiger partial charge in [-0.3, -0.25) is 4.79 Å². The summed E-state index contributed by atoms with van der Waals surface area (Å²) in [5.74, 6) is -1.72. The van der Waals surface area contributed by atoms with Crippen molar-refractivity contribution < 1.29 is 19.5 Å². The molecule has 0 aromatic carbocycles. The fourth-order valence-corrected chi connectivity index (χ4v) is 1.41. The highest BCUT2D eigenvalue weighted by molar-refractivity contribution is 5.99. The molecule has 0 aliphatic rings. The van der Waals surface area contributed by atoms with Gasteiger partial charge in [0, 0.05) is 12.2 Å². The van der Waals surface area contributed by atoms with Crippen LogP contribution in [0.4, 0.5) is 10.5 Å². The van der Waals surface area contributed by atoms with Crippen molar-refractivity contribution in [2.45, 2.75) is 20.8 Å². The topological polar surface area (TPSA) is 137 Å². The molecule has 0 radical (unpaired) electrons. The first-order chi connectivity index (χ1) is 9.13. The van der Waals surface area contributed by atoms with E-state index in [1.807, 2.05) is 0 Å². The number of carboxylic acid groups (broad SMARTS) is 1. The number of H-pyrrole nitrogens is 1. The summed E-state index contributed by atoms with van der Waals surface area (Å²) in [6, 6.07) is 0.892. The summed E-state index contributed by atoms with van der Waals surface area (Å²) in [6.45, 7) is 4.91. The zero-order valence-corrected chi connectivity index (χ0v) is 11.5. The van der Waals surface area contributed by atoms with E-state index >= 15 is 0 Å². The van der Waals surface area contributed by atoms with Crippen LogP contribution in [0.25, 0.3) is 0 Å². The van der Waals surface area contributed by atoms with E-state index in [0.717, 1.165) is 0 Å². The van der Waals surface area contributed by atoms with Gasteiger partial charge in [0.25, 0.3) is 0 Å². The zero-order chi connectivity index (χ0) is 15.5. The Bertz CT molecular complexity index is 548. The molecule has 1 aromatic heterocycles. The third kappa shape index (κ3) is 3.74. The lowest BCUT2D eigenvalue weighted by atomic mass is 9.93. The predicted molar refractivity (Wildman–Crippen MR) is 72.5 cm³/mol. The van der Waals surface area contributed by atoms with Crippen molar-refractivity contribution in [3.05, 3.63) is 17.5 Å². The molecule has 0 saturated heterocycles. The van der Waals surface area contributed by atoms with Gasteiger partial charge in [0.15, 0.2) is 0 Å². The van der Waals surface area contributed by atoms with Crippen LogP contribution in [0.15, 0.2) is 6.07 Å². The summed E-state index contributed by atoms with van der Waals surface area (Å²) in [5, 5.41) is 13.8. The Labute approximate surface area is 115 Å². The van der Waals surface area contributed by atoms with Gasteiger partial charge in [-0.25, -0.2) is 9.59 Å². The standard InChI is InChI=1S/C12H18N4O4/c1-6-4-7(8(15-6)9(17)18)16-11(20)14-5-12(2,3)10(13)19/h4,15H,5H2,1-3H3,(H2,13,19)(H,17,18)(H2,14,16,20). The molecule has 0 bridgehead atoms. The lowest BCUT2D eigenvalue weighted by Crippen LogP contribution is -2.43. The molecular weight excluding hydrogens is 264 g/mol. The lowest BCUT2D eigenvalue weighted by Gasteiger charge is -2.20. The number of primary amides is 1. The average Bonchev–Trinajstić information content (AvgIpc) is 2.67. The number of carbonyl (C=O) groups excluding carboxylic acids is 2. The number of hydrogen-bond acceptors (Lipinski definition) is 3. The second kappa shape index (κ2) is 5.64. The third-order valence-corrected chi connectivity index (χ3v) is 2.77. The number of anilines is 1. The molecule has 0 unspecified atom stereocenters. The molecule has 1 heterocycles. The van der Waals surface area contributed by atoms with Crippen molar-refractivity contribution in [2.24, 2.45) is 11.1 Å². The summed E-state index contributed by atoms with van der Waals surface area (Å²) in [5.41, 5.74) is 4.95. The monoisotopic (exact) mass is 282 g/mol. The largest absolute Gasteiger partial charge is 0.477 e. The molecule has 0 spiro atoms. The number of aromatic nitrogens is 1. The van der Waals surface area contributed by atoms with Crippen molar-refractivity contribution >= 4 is 23.6 Å². The molecule has 0 fully saturated rings. The van der Waals surface area contributed by atoms with E-state index < -0.39 is 23.3 Å². The maximum Gasteiger partial charge on any atom is 0.354 e. The first-order valence-corrected chi connectivity index (χ1v) is 5.91. The van der Waals surface area contributed by atoms with Crippen LogP contribution in [-0.4, -0.2) is 34.5 Å². The van der Waals surface area contributed by atoms with Crippen LogP contribution >= 0.6 is 0 Å². The SMILES string of the molecule is Cc1cc(NC(=O)NCC(C)(C)C(N)=O)c(C(=O)O)[nH]1. The summed E-state index contributed by atoms with van der Waals surface area (Å²) < 4.78 is 0. The quantitative estimate of drug-likeness (QED) is 0.541. The number of hydrogen-bond donors (Lipinski definition) is 5. The van der Waals surface area contributed by atoms with E-state index in [1.54, 1.807) is 20.8 Å². The van der Waals surface area contributed by atoms with Crippen LogP contribution in [0, 0.1) is 12.3 Å². The number of nitrogens with one attached hydrogen (secondary N) is 3. The van der Waals surface area contributed by atoms with Gasteiger partial charge in [-0.1, -0.05) is 0 Å². The molecule has 0 saturated carbocycles. The highest BCUT2D eigenvalue weighted by Gasteiger charge is 2.25. The number of aromatic amines is 1. The normalized spacial score (nSPS) is 10.9. The molecule has 20 heavy (non-hydrogen) atoms. The molecule has 1 rings (SSSR count). The Balaban J connectivity index is 2.68. The van der Waals surface area contributed by atoms with Crippen molar-refractivity contribution in [3.8, 4) is 0 Å². The van der Waals surface area contributed by atoms with Gasteiger partial charge >= 0.3 is 12.0 Å². The predicted octanol–water partition coefficient (Wildman–Crippen LogP) is 0.654. The number of carboxylic acids is 1. The average molecular weight is 282 g/mol. The van der Waals surface area contributed by atoms with E-state index in [2.05, 4.69) is 15.6 Å². The first kappa shape index (κ1) is 15.5. The Morgan fingerprint density at radius 1 is 1.40 bits per heavy atom. The molecule has 0 aliphatic carbocycles. The molecule has 8 heteroatoms. The van der Waals surface area contributed by atoms with Crippen LogP contribution in [0.1, 0.15) is 30.0 Å². The fourth-order valence-electron chi connectivity index (χ4n) is 1.41. The minimum atomic E-state index is -1.18. The first-order valence-electron chi connectivity index (χ1n) is 5.91. The Morgan fingerprint density at radius 2 is 2.00 bits per heavy atom. The second-order valence-corrected chi connectivity index (χ2v) is 5.10. The number of aryl methyl sites for hydroxylation is 1.